The zero-order valence-corrected chi connectivity index (χ0v) is 10.6. The maximum Gasteiger partial charge on any atom is 0.323 e. The molecule has 1 aromatic rings. The molecule has 0 aliphatic rings. The van der Waals surface area contributed by atoms with Crippen molar-refractivity contribution in [1.29, 1.82) is 0 Å². The average Bonchev–Trinajstić information content (AvgIpc) is 2.30. The van der Waals surface area contributed by atoms with E-state index < -0.39 is 17.4 Å². The second kappa shape index (κ2) is 4.84. The Morgan fingerprint density at radius 2 is 2.06 bits per heavy atom. The van der Waals surface area contributed by atoms with Crippen molar-refractivity contribution < 1.29 is 13.9 Å². The van der Waals surface area contributed by atoms with Crippen molar-refractivity contribution in [2.24, 2.45) is 5.73 Å². The number of methoxy groups -OCH3 is 1. The monoisotopic (exact) mass is 239 g/mol. The highest BCUT2D eigenvalue weighted by atomic mass is 19.1. The molecule has 94 valence electrons. The topological polar surface area (TPSA) is 52.3 Å². The Labute approximate surface area is 101 Å². The van der Waals surface area contributed by atoms with E-state index in [0.717, 1.165) is 11.1 Å². The predicted octanol–water partition coefficient (Wildman–Crippen LogP) is 1.91. The minimum atomic E-state index is -0.826. The molecule has 3 nitrogen and oxygen atoms in total. The Balaban J connectivity index is 3.20. The van der Waals surface area contributed by atoms with E-state index in [-0.39, 0.29) is 5.82 Å². The number of rotatable bonds is 3. The first-order valence-corrected chi connectivity index (χ1v) is 5.40. The molecule has 1 unspecified atom stereocenters. The number of esters is 1. The summed E-state index contributed by atoms with van der Waals surface area (Å²) in [6.07, 6.45) is 0. The molecule has 2 N–H and O–H groups in total. The number of carbonyl (C=O) groups excluding carboxylic acids is 1. The number of carbonyl (C=O) groups is 1. The SMILES string of the molecule is COC(=O)C(N)C(C)(C)c1cc(F)ccc1C. The van der Waals surface area contributed by atoms with Crippen LogP contribution < -0.4 is 5.73 Å². The third-order valence-electron chi connectivity index (χ3n) is 3.13. The van der Waals surface area contributed by atoms with Crippen LogP contribution in [0.2, 0.25) is 0 Å². The molecule has 0 spiro atoms. The van der Waals surface area contributed by atoms with E-state index in [2.05, 4.69) is 4.74 Å². The van der Waals surface area contributed by atoms with Gasteiger partial charge >= 0.3 is 5.97 Å². The number of hydrogen-bond acceptors (Lipinski definition) is 3. The predicted molar refractivity (Wildman–Crippen MR) is 64.2 cm³/mol. The van der Waals surface area contributed by atoms with Crippen LogP contribution in [-0.4, -0.2) is 19.1 Å². The van der Waals surface area contributed by atoms with Crippen molar-refractivity contribution in [1.82, 2.24) is 0 Å². The molecule has 4 heteroatoms. The summed E-state index contributed by atoms with van der Waals surface area (Å²) in [5.74, 6) is -0.839. The summed E-state index contributed by atoms with van der Waals surface area (Å²) < 4.78 is 17.9. The molecule has 1 aromatic carbocycles. The zero-order chi connectivity index (χ0) is 13.2. The van der Waals surface area contributed by atoms with Gasteiger partial charge in [0, 0.05) is 5.41 Å². The van der Waals surface area contributed by atoms with Gasteiger partial charge in [0.15, 0.2) is 0 Å². The summed E-state index contributed by atoms with van der Waals surface area (Å²) in [7, 11) is 1.29. The fourth-order valence-electron chi connectivity index (χ4n) is 1.88. The molecular weight excluding hydrogens is 221 g/mol. The second-order valence-corrected chi connectivity index (χ2v) is 4.68. The lowest BCUT2D eigenvalue weighted by Crippen LogP contribution is -2.47. The first kappa shape index (κ1) is 13.6. The quantitative estimate of drug-likeness (QED) is 0.820. The van der Waals surface area contributed by atoms with Crippen molar-refractivity contribution in [3.8, 4) is 0 Å². The van der Waals surface area contributed by atoms with Crippen molar-refractivity contribution in [3.63, 3.8) is 0 Å². The van der Waals surface area contributed by atoms with E-state index in [1.807, 2.05) is 6.92 Å². The van der Waals surface area contributed by atoms with Crippen LogP contribution in [0.3, 0.4) is 0 Å². The minimum absolute atomic E-state index is 0.337. The zero-order valence-electron chi connectivity index (χ0n) is 10.6. The van der Waals surface area contributed by atoms with Crippen molar-refractivity contribution >= 4 is 5.97 Å². The lowest BCUT2D eigenvalue weighted by atomic mass is 9.76. The second-order valence-electron chi connectivity index (χ2n) is 4.68. The summed E-state index contributed by atoms with van der Waals surface area (Å²) in [5, 5.41) is 0. The molecule has 0 fully saturated rings. The summed E-state index contributed by atoms with van der Waals surface area (Å²) in [4.78, 5) is 11.5. The van der Waals surface area contributed by atoms with E-state index in [1.165, 1.54) is 19.2 Å². The normalized spacial score (nSPS) is 13.3. The maximum atomic E-state index is 13.3. The van der Waals surface area contributed by atoms with E-state index in [1.54, 1.807) is 19.9 Å². The van der Waals surface area contributed by atoms with Crippen LogP contribution in [0, 0.1) is 12.7 Å². The molecule has 0 heterocycles. The summed E-state index contributed by atoms with van der Waals surface area (Å²) >= 11 is 0. The van der Waals surface area contributed by atoms with E-state index in [9.17, 15) is 9.18 Å². The van der Waals surface area contributed by atoms with Gasteiger partial charge in [-0.15, -0.1) is 0 Å². The fourth-order valence-corrected chi connectivity index (χ4v) is 1.88. The summed E-state index contributed by atoms with van der Waals surface area (Å²) in [6.45, 7) is 5.47. The van der Waals surface area contributed by atoms with Crippen LogP contribution in [0.25, 0.3) is 0 Å². The van der Waals surface area contributed by atoms with Crippen LogP contribution in [-0.2, 0) is 14.9 Å². The molecule has 0 saturated heterocycles. The van der Waals surface area contributed by atoms with Gasteiger partial charge in [-0.1, -0.05) is 19.9 Å². The lowest BCUT2D eigenvalue weighted by Gasteiger charge is -2.31. The Bertz CT molecular complexity index is 429. The third-order valence-corrected chi connectivity index (χ3v) is 3.13. The van der Waals surface area contributed by atoms with Crippen LogP contribution >= 0.6 is 0 Å². The van der Waals surface area contributed by atoms with Crippen LogP contribution in [0.15, 0.2) is 18.2 Å². The van der Waals surface area contributed by atoms with Gasteiger partial charge in [-0.25, -0.2) is 4.39 Å². The molecule has 0 saturated carbocycles. The van der Waals surface area contributed by atoms with Gasteiger partial charge in [-0.2, -0.15) is 0 Å². The molecule has 0 aliphatic heterocycles. The molecule has 0 aromatic heterocycles. The average molecular weight is 239 g/mol. The van der Waals surface area contributed by atoms with Gasteiger partial charge in [0.2, 0.25) is 0 Å². The van der Waals surface area contributed by atoms with Crippen molar-refractivity contribution in [2.45, 2.75) is 32.2 Å². The minimum Gasteiger partial charge on any atom is -0.468 e. The van der Waals surface area contributed by atoms with Crippen molar-refractivity contribution in [3.05, 3.63) is 35.1 Å². The highest BCUT2D eigenvalue weighted by Crippen LogP contribution is 2.30. The maximum absolute atomic E-state index is 13.3. The summed E-state index contributed by atoms with van der Waals surface area (Å²) in [5.41, 5.74) is 6.80. The number of aryl methyl sites for hydroxylation is 1. The molecule has 0 amide bonds. The third kappa shape index (κ3) is 2.64. The standard InChI is InChI=1S/C13H18FNO2/c1-8-5-6-9(14)7-10(8)13(2,3)11(15)12(16)17-4/h5-7,11H,15H2,1-4H3. The number of benzene rings is 1. The van der Waals surface area contributed by atoms with Crippen LogP contribution in [0.1, 0.15) is 25.0 Å². The van der Waals surface area contributed by atoms with Crippen LogP contribution in [0.5, 0.6) is 0 Å². The van der Waals surface area contributed by atoms with Gasteiger partial charge < -0.3 is 10.5 Å². The van der Waals surface area contributed by atoms with E-state index >= 15 is 0 Å². The highest BCUT2D eigenvalue weighted by molar-refractivity contribution is 5.77. The van der Waals surface area contributed by atoms with Gasteiger partial charge in [0.05, 0.1) is 7.11 Å². The van der Waals surface area contributed by atoms with Gasteiger partial charge in [-0.05, 0) is 30.2 Å². The van der Waals surface area contributed by atoms with E-state index in [0.29, 0.717) is 0 Å². The molecule has 0 aliphatic carbocycles. The molecule has 0 bridgehead atoms. The molecule has 1 atom stereocenters. The number of ether oxygens (including phenoxy) is 1. The van der Waals surface area contributed by atoms with Gasteiger partial charge in [0.1, 0.15) is 11.9 Å². The number of halogens is 1. The van der Waals surface area contributed by atoms with Crippen molar-refractivity contribution in [2.75, 3.05) is 7.11 Å². The highest BCUT2D eigenvalue weighted by Gasteiger charge is 2.35. The largest absolute Gasteiger partial charge is 0.468 e. The Morgan fingerprint density at radius 1 is 1.47 bits per heavy atom. The molecule has 17 heavy (non-hydrogen) atoms. The molecular formula is C13H18FNO2. The smallest absolute Gasteiger partial charge is 0.323 e. The molecule has 1 rings (SSSR count). The number of nitrogens with two attached hydrogens (primary N) is 1. The lowest BCUT2D eigenvalue weighted by molar-refractivity contribution is -0.143. The van der Waals surface area contributed by atoms with Gasteiger partial charge in [-0.3, -0.25) is 4.79 Å². The van der Waals surface area contributed by atoms with Crippen LogP contribution in [0.4, 0.5) is 4.39 Å². The summed E-state index contributed by atoms with van der Waals surface area (Å²) in [6, 6.07) is 3.65. The fraction of sp³-hybridized carbons (Fsp3) is 0.462. The van der Waals surface area contributed by atoms with E-state index in [4.69, 9.17) is 5.73 Å². The Hall–Kier alpha value is -1.42. The number of hydrogen-bond donors (Lipinski definition) is 1. The first-order chi connectivity index (χ1) is 7.80. The van der Waals surface area contributed by atoms with Gasteiger partial charge in [0.25, 0.3) is 0 Å². The first-order valence-electron chi connectivity index (χ1n) is 5.40. The Morgan fingerprint density at radius 3 is 2.59 bits per heavy atom. The Kier molecular flexibility index (Phi) is 3.88. The molecule has 0 radical (unpaired) electrons.